The van der Waals surface area contributed by atoms with E-state index in [-0.39, 0.29) is 17.5 Å². The molecular formula is C11H23N3O. The van der Waals surface area contributed by atoms with Gasteiger partial charge in [-0.1, -0.05) is 20.8 Å². The number of hydrogen-bond acceptors (Lipinski definition) is 2. The number of rotatable bonds is 4. The molecule has 1 heterocycles. The largest absolute Gasteiger partial charge is 0.333 e. The maximum absolute atomic E-state index is 11.6. The summed E-state index contributed by atoms with van der Waals surface area (Å²) in [4.78, 5) is 13.5. The molecule has 0 spiro atoms. The second kappa shape index (κ2) is 4.84. The van der Waals surface area contributed by atoms with E-state index >= 15 is 0 Å². The molecule has 1 saturated heterocycles. The minimum absolute atomic E-state index is 0.0889. The van der Waals surface area contributed by atoms with E-state index in [1.807, 2.05) is 11.9 Å². The van der Waals surface area contributed by atoms with Crippen LogP contribution in [0.4, 0.5) is 4.79 Å². The summed E-state index contributed by atoms with van der Waals surface area (Å²) < 4.78 is 0. The van der Waals surface area contributed by atoms with E-state index in [1.165, 1.54) is 0 Å². The van der Waals surface area contributed by atoms with Gasteiger partial charge in [-0.25, -0.2) is 4.79 Å². The first kappa shape index (κ1) is 12.3. The van der Waals surface area contributed by atoms with Crippen LogP contribution in [0.1, 0.15) is 27.2 Å². The lowest BCUT2D eigenvalue weighted by atomic mass is 9.87. The smallest absolute Gasteiger partial charge is 0.317 e. The Labute approximate surface area is 92.4 Å². The average Bonchev–Trinajstić information content (AvgIpc) is 2.48. The van der Waals surface area contributed by atoms with E-state index in [0.29, 0.717) is 0 Å². The van der Waals surface area contributed by atoms with Gasteiger partial charge in [0.25, 0.3) is 0 Å². The maximum atomic E-state index is 11.6. The van der Waals surface area contributed by atoms with Gasteiger partial charge in [0, 0.05) is 13.1 Å². The lowest BCUT2D eigenvalue weighted by molar-refractivity contribution is 0.216. The van der Waals surface area contributed by atoms with Crippen molar-refractivity contribution in [1.82, 2.24) is 15.5 Å². The molecule has 88 valence electrons. The van der Waals surface area contributed by atoms with Crippen LogP contribution in [-0.4, -0.2) is 43.7 Å². The summed E-state index contributed by atoms with van der Waals surface area (Å²) in [5.41, 5.74) is 0.146. The van der Waals surface area contributed by atoms with Crippen LogP contribution in [0.5, 0.6) is 0 Å². The molecule has 1 aliphatic heterocycles. The number of carbonyl (C=O) groups is 1. The molecule has 1 fully saturated rings. The average molecular weight is 213 g/mol. The van der Waals surface area contributed by atoms with Gasteiger partial charge in [-0.05, 0) is 25.4 Å². The molecule has 0 aromatic heterocycles. The molecule has 4 nitrogen and oxygen atoms in total. The van der Waals surface area contributed by atoms with Gasteiger partial charge in [0.2, 0.25) is 0 Å². The van der Waals surface area contributed by atoms with Crippen molar-refractivity contribution in [1.29, 1.82) is 0 Å². The Kier molecular flexibility index (Phi) is 3.97. The zero-order valence-electron chi connectivity index (χ0n) is 10.3. The van der Waals surface area contributed by atoms with Crippen LogP contribution in [0.15, 0.2) is 0 Å². The van der Waals surface area contributed by atoms with Crippen LogP contribution in [0.2, 0.25) is 0 Å². The highest BCUT2D eigenvalue weighted by Gasteiger charge is 2.35. The number of urea groups is 1. The summed E-state index contributed by atoms with van der Waals surface area (Å²) >= 11 is 0. The second-order valence-electron chi connectivity index (χ2n) is 5.27. The zero-order valence-corrected chi connectivity index (χ0v) is 10.3. The summed E-state index contributed by atoms with van der Waals surface area (Å²) in [6, 6.07) is 0.366. The van der Waals surface area contributed by atoms with E-state index in [2.05, 4.69) is 31.4 Å². The predicted octanol–water partition coefficient (Wildman–Crippen LogP) is 1.04. The second-order valence-corrected chi connectivity index (χ2v) is 5.27. The van der Waals surface area contributed by atoms with Crippen LogP contribution in [0.25, 0.3) is 0 Å². The molecule has 1 unspecified atom stereocenters. The Balaban J connectivity index is 2.39. The SMILES string of the molecule is CNCCCN1CC(C(C)(C)C)NC1=O. The van der Waals surface area contributed by atoms with Gasteiger partial charge in [0.05, 0.1) is 6.04 Å². The molecular weight excluding hydrogens is 190 g/mol. The Morgan fingerprint density at radius 1 is 1.53 bits per heavy atom. The lowest BCUT2D eigenvalue weighted by Crippen LogP contribution is -2.38. The third-order valence-corrected chi connectivity index (χ3v) is 2.89. The summed E-state index contributed by atoms with van der Waals surface area (Å²) in [5.74, 6) is 0. The number of nitrogens with zero attached hydrogens (tertiary/aromatic N) is 1. The molecule has 1 aliphatic rings. The van der Waals surface area contributed by atoms with Crippen LogP contribution in [0, 0.1) is 5.41 Å². The van der Waals surface area contributed by atoms with Gasteiger partial charge in [0.1, 0.15) is 0 Å². The van der Waals surface area contributed by atoms with Crippen molar-refractivity contribution in [2.45, 2.75) is 33.2 Å². The van der Waals surface area contributed by atoms with E-state index in [9.17, 15) is 4.79 Å². The van der Waals surface area contributed by atoms with Crippen molar-refractivity contribution in [3.05, 3.63) is 0 Å². The Hall–Kier alpha value is -0.770. The maximum Gasteiger partial charge on any atom is 0.317 e. The molecule has 0 radical (unpaired) electrons. The molecule has 1 rings (SSSR count). The van der Waals surface area contributed by atoms with Crippen LogP contribution in [-0.2, 0) is 0 Å². The number of carbonyl (C=O) groups excluding carboxylic acids is 1. The van der Waals surface area contributed by atoms with E-state index in [1.54, 1.807) is 0 Å². The first-order valence-corrected chi connectivity index (χ1v) is 5.65. The monoisotopic (exact) mass is 213 g/mol. The standard InChI is InChI=1S/C11H23N3O/c1-11(2,3)9-8-14(10(15)13-9)7-5-6-12-4/h9,12H,5-8H2,1-4H3,(H,13,15). The Bertz CT molecular complexity index is 222. The molecule has 1 atom stereocenters. The van der Waals surface area contributed by atoms with Crippen molar-refractivity contribution < 1.29 is 4.79 Å². The van der Waals surface area contributed by atoms with Crippen molar-refractivity contribution in [2.24, 2.45) is 5.41 Å². The van der Waals surface area contributed by atoms with Gasteiger partial charge >= 0.3 is 6.03 Å². The van der Waals surface area contributed by atoms with Crippen molar-refractivity contribution >= 4 is 6.03 Å². The zero-order chi connectivity index (χ0) is 11.5. The minimum atomic E-state index is 0.0889. The fourth-order valence-electron chi connectivity index (χ4n) is 1.72. The highest BCUT2D eigenvalue weighted by atomic mass is 16.2. The molecule has 4 heteroatoms. The van der Waals surface area contributed by atoms with Crippen LogP contribution < -0.4 is 10.6 Å². The number of nitrogens with one attached hydrogen (secondary N) is 2. The number of amides is 2. The van der Waals surface area contributed by atoms with Gasteiger partial charge < -0.3 is 15.5 Å². The Morgan fingerprint density at radius 3 is 2.67 bits per heavy atom. The van der Waals surface area contributed by atoms with Gasteiger partial charge in [-0.2, -0.15) is 0 Å². The summed E-state index contributed by atoms with van der Waals surface area (Å²) in [5, 5.41) is 6.13. The summed E-state index contributed by atoms with van der Waals surface area (Å²) in [6.07, 6.45) is 1.01. The first-order valence-electron chi connectivity index (χ1n) is 5.65. The molecule has 2 amide bonds. The molecule has 0 aliphatic carbocycles. The van der Waals surface area contributed by atoms with Crippen LogP contribution in [0.3, 0.4) is 0 Å². The molecule has 0 saturated carbocycles. The van der Waals surface area contributed by atoms with Crippen LogP contribution >= 0.6 is 0 Å². The van der Waals surface area contributed by atoms with E-state index < -0.39 is 0 Å². The fraction of sp³-hybridized carbons (Fsp3) is 0.909. The lowest BCUT2D eigenvalue weighted by Gasteiger charge is -2.26. The summed E-state index contributed by atoms with van der Waals surface area (Å²) in [7, 11) is 1.93. The third-order valence-electron chi connectivity index (χ3n) is 2.89. The normalized spacial score (nSPS) is 22.0. The van der Waals surface area contributed by atoms with Crippen molar-refractivity contribution in [2.75, 3.05) is 26.7 Å². The Morgan fingerprint density at radius 2 is 2.20 bits per heavy atom. The van der Waals surface area contributed by atoms with E-state index in [4.69, 9.17) is 0 Å². The quantitative estimate of drug-likeness (QED) is 0.685. The highest BCUT2D eigenvalue weighted by molar-refractivity contribution is 5.77. The molecule has 2 N–H and O–H groups in total. The molecule has 0 aromatic rings. The molecule has 15 heavy (non-hydrogen) atoms. The molecule has 0 bridgehead atoms. The number of hydrogen-bond donors (Lipinski definition) is 2. The topological polar surface area (TPSA) is 44.4 Å². The minimum Gasteiger partial charge on any atom is -0.333 e. The fourth-order valence-corrected chi connectivity index (χ4v) is 1.72. The van der Waals surface area contributed by atoms with Crippen molar-refractivity contribution in [3.8, 4) is 0 Å². The van der Waals surface area contributed by atoms with E-state index in [0.717, 1.165) is 26.1 Å². The van der Waals surface area contributed by atoms with Gasteiger partial charge in [-0.15, -0.1) is 0 Å². The first-order chi connectivity index (χ1) is 6.95. The third kappa shape index (κ3) is 3.38. The molecule has 0 aromatic carbocycles. The van der Waals surface area contributed by atoms with Gasteiger partial charge in [0.15, 0.2) is 0 Å². The highest BCUT2D eigenvalue weighted by Crippen LogP contribution is 2.23. The predicted molar refractivity (Wildman–Crippen MR) is 61.9 cm³/mol. The van der Waals surface area contributed by atoms with Crippen molar-refractivity contribution in [3.63, 3.8) is 0 Å². The van der Waals surface area contributed by atoms with Gasteiger partial charge in [-0.3, -0.25) is 0 Å². The summed E-state index contributed by atoms with van der Waals surface area (Å²) in [6.45, 7) is 9.13.